The lowest BCUT2D eigenvalue weighted by Gasteiger charge is -2.40. The van der Waals surface area contributed by atoms with Crippen LogP contribution in [0.2, 0.25) is 10.2 Å². The van der Waals surface area contributed by atoms with E-state index in [0.717, 1.165) is 0 Å². The molecule has 3 amide bonds. The van der Waals surface area contributed by atoms with Crippen molar-refractivity contribution < 1.29 is 14.0 Å². The molecule has 13 heteroatoms. The maximum Gasteiger partial charge on any atom is 0.322 e. The van der Waals surface area contributed by atoms with Gasteiger partial charge in [0.15, 0.2) is 5.16 Å². The van der Waals surface area contributed by atoms with Crippen molar-refractivity contribution in [3.63, 3.8) is 0 Å². The Balaban J connectivity index is 1.13. The van der Waals surface area contributed by atoms with Gasteiger partial charge in [-0.3, -0.25) is 4.79 Å². The third-order valence-electron chi connectivity index (χ3n) is 7.10. The van der Waals surface area contributed by atoms with E-state index in [1.165, 1.54) is 17.8 Å². The fourth-order valence-corrected chi connectivity index (χ4v) is 6.14. The number of halogens is 3. The predicted molar refractivity (Wildman–Crippen MR) is 162 cm³/mol. The van der Waals surface area contributed by atoms with Crippen molar-refractivity contribution >= 4 is 64.1 Å². The van der Waals surface area contributed by atoms with Crippen LogP contribution >= 0.6 is 35.0 Å². The highest BCUT2D eigenvalue weighted by Gasteiger charge is 2.29. The number of hydrogen-bond donors (Lipinski definition) is 1. The molecule has 216 valence electrons. The summed E-state index contributed by atoms with van der Waals surface area (Å²) in [6, 6.07) is 15.2. The van der Waals surface area contributed by atoms with Crippen molar-refractivity contribution in [1.82, 2.24) is 19.8 Å². The van der Waals surface area contributed by atoms with E-state index in [1.54, 1.807) is 52.3 Å². The number of hydrogen-bond acceptors (Lipinski definition) is 7. The molecule has 2 fully saturated rings. The van der Waals surface area contributed by atoms with Gasteiger partial charge in [0.25, 0.3) is 0 Å². The number of nitrogens with zero attached hydrogens (tertiary/aromatic N) is 6. The Morgan fingerprint density at radius 1 is 0.976 bits per heavy atom. The number of rotatable bonds is 6. The van der Waals surface area contributed by atoms with Gasteiger partial charge in [0.05, 0.1) is 11.4 Å². The van der Waals surface area contributed by atoms with Gasteiger partial charge in [0.1, 0.15) is 16.8 Å². The van der Waals surface area contributed by atoms with Gasteiger partial charge >= 0.3 is 6.03 Å². The highest BCUT2D eigenvalue weighted by molar-refractivity contribution is 7.99. The second kappa shape index (κ2) is 13.1. The Kier molecular flexibility index (Phi) is 9.36. The molecule has 0 radical (unpaired) electrons. The van der Waals surface area contributed by atoms with Gasteiger partial charge in [-0.1, -0.05) is 53.2 Å². The molecule has 0 aliphatic carbocycles. The summed E-state index contributed by atoms with van der Waals surface area (Å²) in [5, 5.41) is 4.16. The predicted octanol–water partition coefficient (Wildman–Crippen LogP) is 5.11. The van der Waals surface area contributed by atoms with Crippen molar-refractivity contribution in [2.45, 2.75) is 18.1 Å². The number of urea groups is 1. The fourth-order valence-electron chi connectivity index (χ4n) is 4.96. The van der Waals surface area contributed by atoms with Gasteiger partial charge in [-0.25, -0.2) is 19.2 Å². The zero-order chi connectivity index (χ0) is 28.9. The van der Waals surface area contributed by atoms with Crippen molar-refractivity contribution in [2.24, 2.45) is 0 Å². The molecule has 2 aromatic carbocycles. The molecule has 1 unspecified atom stereocenters. The average molecular weight is 619 g/mol. The zero-order valence-electron chi connectivity index (χ0n) is 22.5. The van der Waals surface area contributed by atoms with E-state index in [9.17, 15) is 14.0 Å². The Hall–Kier alpha value is -3.28. The summed E-state index contributed by atoms with van der Waals surface area (Å²) in [4.78, 5) is 42.3. The van der Waals surface area contributed by atoms with Crippen molar-refractivity contribution in [2.75, 3.05) is 66.7 Å². The van der Waals surface area contributed by atoms with E-state index < -0.39 is 0 Å². The lowest BCUT2D eigenvalue weighted by atomic mass is 10.2. The number of thioether (sulfide) groups is 1. The molecular weight excluding hydrogens is 588 g/mol. The molecule has 2 saturated heterocycles. The van der Waals surface area contributed by atoms with Crippen LogP contribution in [0.5, 0.6) is 0 Å². The molecule has 3 heterocycles. The Morgan fingerprint density at radius 3 is 2.46 bits per heavy atom. The first-order valence-electron chi connectivity index (χ1n) is 13.3. The molecule has 0 spiro atoms. The summed E-state index contributed by atoms with van der Waals surface area (Å²) in [6.45, 7) is 5.76. The van der Waals surface area contributed by atoms with Crippen molar-refractivity contribution in [1.29, 1.82) is 0 Å². The maximum absolute atomic E-state index is 14.1. The van der Waals surface area contributed by atoms with Gasteiger partial charge in [0, 0.05) is 68.6 Å². The molecule has 2 aliphatic heterocycles. The first-order chi connectivity index (χ1) is 19.8. The largest absolute Gasteiger partial charge is 0.366 e. The third-order valence-corrected chi connectivity index (χ3v) is 8.36. The topological polar surface area (TPSA) is 84.9 Å². The van der Waals surface area contributed by atoms with Crippen molar-refractivity contribution in [3.8, 4) is 0 Å². The number of carbonyl (C=O) groups is 2. The van der Waals surface area contributed by atoms with E-state index in [1.807, 2.05) is 17.9 Å². The lowest BCUT2D eigenvalue weighted by Crippen LogP contribution is -2.55. The SMILES string of the molecule is CC1CN(c2cc(Cl)nc(SCC(=O)N3CCN(c4ccccc4F)CC3)n2)CCN1C(=O)Nc1cccc(Cl)c1. The number of piperazine rings is 2. The summed E-state index contributed by atoms with van der Waals surface area (Å²) >= 11 is 13.6. The van der Waals surface area contributed by atoms with Crippen LogP contribution in [0.3, 0.4) is 0 Å². The standard InChI is InChI=1S/C28H30Cl2FN7O2S/c1-19-17-37(13-14-38(19)28(40)32-21-6-4-5-20(29)15-21)25-16-24(30)33-27(34-25)41-18-26(39)36-11-9-35(10-12-36)23-8-3-2-7-22(23)31/h2-8,15-16,19H,9-14,17-18H2,1H3,(H,32,40). The van der Waals surface area contributed by atoms with E-state index in [-0.39, 0.29) is 34.7 Å². The number of carbonyl (C=O) groups excluding carboxylic acids is 2. The smallest absolute Gasteiger partial charge is 0.322 e. The van der Waals surface area contributed by atoms with E-state index in [2.05, 4.69) is 20.2 Å². The van der Waals surface area contributed by atoms with Gasteiger partial charge in [0.2, 0.25) is 5.91 Å². The van der Waals surface area contributed by atoms with E-state index in [4.69, 9.17) is 23.2 Å². The summed E-state index contributed by atoms with van der Waals surface area (Å²) in [7, 11) is 0. The maximum atomic E-state index is 14.1. The molecular formula is C28H30Cl2FN7O2S. The second-order valence-electron chi connectivity index (χ2n) is 9.87. The van der Waals surface area contributed by atoms with Crippen LogP contribution in [-0.4, -0.2) is 89.3 Å². The molecule has 0 saturated carbocycles. The number of aromatic nitrogens is 2. The first-order valence-corrected chi connectivity index (χ1v) is 15.0. The molecule has 1 aromatic heterocycles. The lowest BCUT2D eigenvalue weighted by molar-refractivity contribution is -0.128. The summed E-state index contributed by atoms with van der Waals surface area (Å²) < 4.78 is 14.1. The van der Waals surface area contributed by atoms with Crippen LogP contribution in [0.4, 0.5) is 26.4 Å². The number of benzene rings is 2. The van der Waals surface area contributed by atoms with Crippen LogP contribution in [0, 0.1) is 5.82 Å². The zero-order valence-corrected chi connectivity index (χ0v) is 24.8. The third kappa shape index (κ3) is 7.33. The Morgan fingerprint density at radius 2 is 1.73 bits per heavy atom. The summed E-state index contributed by atoms with van der Waals surface area (Å²) in [6.07, 6.45) is 0. The number of para-hydroxylation sites is 1. The fraction of sp³-hybridized carbons (Fsp3) is 0.357. The Bertz CT molecular complexity index is 1410. The molecule has 1 atom stereocenters. The normalized spacial score (nSPS) is 17.5. The average Bonchev–Trinajstić information content (AvgIpc) is 2.96. The van der Waals surface area contributed by atoms with Crippen LogP contribution < -0.4 is 15.1 Å². The van der Waals surface area contributed by atoms with Crippen LogP contribution in [0.25, 0.3) is 0 Å². The van der Waals surface area contributed by atoms with E-state index in [0.29, 0.717) is 73.2 Å². The molecule has 1 N–H and O–H groups in total. The minimum atomic E-state index is -0.256. The number of anilines is 3. The molecule has 41 heavy (non-hydrogen) atoms. The van der Waals surface area contributed by atoms with Gasteiger partial charge in [-0.15, -0.1) is 0 Å². The summed E-state index contributed by atoms with van der Waals surface area (Å²) in [5.41, 5.74) is 1.20. The van der Waals surface area contributed by atoms with Gasteiger partial charge in [-0.2, -0.15) is 0 Å². The molecule has 2 aliphatic rings. The second-order valence-corrected chi connectivity index (χ2v) is 11.6. The monoisotopic (exact) mass is 617 g/mol. The van der Waals surface area contributed by atoms with Crippen LogP contribution in [-0.2, 0) is 4.79 Å². The molecule has 9 nitrogen and oxygen atoms in total. The minimum absolute atomic E-state index is 0.0266. The minimum Gasteiger partial charge on any atom is -0.366 e. The quantitative estimate of drug-likeness (QED) is 0.234. The first kappa shape index (κ1) is 29.2. The number of amides is 3. The van der Waals surface area contributed by atoms with Gasteiger partial charge < -0.3 is 24.9 Å². The molecule has 0 bridgehead atoms. The molecule has 3 aromatic rings. The highest BCUT2D eigenvalue weighted by atomic mass is 35.5. The number of nitrogens with one attached hydrogen (secondary N) is 1. The highest BCUT2D eigenvalue weighted by Crippen LogP contribution is 2.26. The van der Waals surface area contributed by atoms with Gasteiger partial charge in [-0.05, 0) is 37.3 Å². The van der Waals surface area contributed by atoms with E-state index >= 15 is 0 Å². The Labute approximate surface area is 252 Å². The van der Waals surface area contributed by atoms with Crippen molar-refractivity contribution in [3.05, 3.63) is 70.6 Å². The van der Waals surface area contributed by atoms with Crippen LogP contribution in [0.15, 0.2) is 59.8 Å². The van der Waals surface area contributed by atoms with Crippen LogP contribution in [0.1, 0.15) is 6.92 Å². The summed E-state index contributed by atoms with van der Waals surface area (Å²) in [5.74, 6) is 0.544. The molecule has 5 rings (SSSR count).